The number of pyridine rings is 1. The van der Waals surface area contributed by atoms with Crippen molar-refractivity contribution in [2.45, 2.75) is 44.6 Å². The van der Waals surface area contributed by atoms with Crippen LogP contribution in [0.3, 0.4) is 0 Å². The van der Waals surface area contributed by atoms with Gasteiger partial charge >= 0.3 is 5.97 Å². The van der Waals surface area contributed by atoms with E-state index in [9.17, 15) is 4.79 Å². The van der Waals surface area contributed by atoms with Crippen molar-refractivity contribution in [3.8, 4) is 0 Å². The van der Waals surface area contributed by atoms with E-state index in [0.29, 0.717) is 17.5 Å². The molecule has 98 valence electrons. The minimum atomic E-state index is -0.995. The van der Waals surface area contributed by atoms with Crippen molar-refractivity contribution in [2.75, 3.05) is 11.1 Å². The lowest BCUT2D eigenvalue weighted by Gasteiger charge is -2.18. The minimum absolute atomic E-state index is 0.152. The van der Waals surface area contributed by atoms with Crippen molar-refractivity contribution in [3.05, 3.63) is 17.8 Å². The maximum absolute atomic E-state index is 11.1. The normalized spacial score (nSPS) is 17.1. The number of nitrogens with zero attached hydrogens (tertiary/aromatic N) is 1. The number of aromatic nitrogens is 1. The molecule has 0 unspecified atom stereocenters. The van der Waals surface area contributed by atoms with E-state index in [1.165, 1.54) is 37.9 Å². The quantitative estimate of drug-likeness (QED) is 0.716. The summed E-state index contributed by atoms with van der Waals surface area (Å²) < 4.78 is 0. The maximum Gasteiger partial charge on any atom is 0.339 e. The molecular weight excluding hydrogens is 230 g/mol. The first-order chi connectivity index (χ1) is 8.66. The van der Waals surface area contributed by atoms with Gasteiger partial charge in [-0.25, -0.2) is 9.78 Å². The molecule has 1 aromatic heterocycles. The molecule has 1 aliphatic rings. The summed E-state index contributed by atoms with van der Waals surface area (Å²) in [4.78, 5) is 15.3. The van der Waals surface area contributed by atoms with Gasteiger partial charge in [0.2, 0.25) is 0 Å². The molecule has 0 spiro atoms. The van der Waals surface area contributed by atoms with Crippen molar-refractivity contribution in [1.29, 1.82) is 0 Å². The molecule has 5 heteroatoms. The Morgan fingerprint density at radius 1 is 1.33 bits per heavy atom. The Morgan fingerprint density at radius 3 is 2.61 bits per heavy atom. The zero-order valence-corrected chi connectivity index (χ0v) is 10.4. The van der Waals surface area contributed by atoms with Crippen molar-refractivity contribution in [3.63, 3.8) is 0 Å². The third kappa shape index (κ3) is 3.12. The SMILES string of the molecule is Nc1cnc(NC2CCCCCC2)c(C(=O)O)c1. The monoisotopic (exact) mass is 249 g/mol. The topological polar surface area (TPSA) is 88.2 Å². The van der Waals surface area contributed by atoms with Crippen LogP contribution in [-0.2, 0) is 0 Å². The second-order valence-corrected chi connectivity index (χ2v) is 4.80. The smallest absolute Gasteiger partial charge is 0.339 e. The predicted molar refractivity (Wildman–Crippen MR) is 70.7 cm³/mol. The number of nitrogen functional groups attached to an aromatic ring is 1. The average Bonchev–Trinajstić information content (AvgIpc) is 2.60. The first-order valence-corrected chi connectivity index (χ1v) is 6.42. The average molecular weight is 249 g/mol. The lowest BCUT2D eigenvalue weighted by molar-refractivity contribution is 0.0697. The van der Waals surface area contributed by atoms with Gasteiger partial charge in [0.1, 0.15) is 11.4 Å². The number of anilines is 2. The Labute approximate surface area is 106 Å². The first kappa shape index (κ1) is 12.7. The fourth-order valence-electron chi connectivity index (χ4n) is 2.38. The van der Waals surface area contributed by atoms with Gasteiger partial charge in [-0.05, 0) is 18.9 Å². The van der Waals surface area contributed by atoms with Gasteiger partial charge in [-0.2, -0.15) is 0 Å². The molecule has 0 bridgehead atoms. The molecule has 1 aromatic rings. The Hall–Kier alpha value is -1.78. The van der Waals surface area contributed by atoms with Gasteiger partial charge in [-0.3, -0.25) is 0 Å². The van der Waals surface area contributed by atoms with Crippen molar-refractivity contribution >= 4 is 17.5 Å². The van der Waals surface area contributed by atoms with Gasteiger partial charge in [0.05, 0.1) is 11.9 Å². The zero-order chi connectivity index (χ0) is 13.0. The van der Waals surface area contributed by atoms with Gasteiger partial charge in [-0.15, -0.1) is 0 Å². The number of hydrogen-bond donors (Lipinski definition) is 3. The second-order valence-electron chi connectivity index (χ2n) is 4.80. The highest BCUT2D eigenvalue weighted by Crippen LogP contribution is 2.23. The molecule has 2 rings (SSSR count). The summed E-state index contributed by atoms with van der Waals surface area (Å²) in [5, 5.41) is 12.4. The molecule has 0 amide bonds. The van der Waals surface area contributed by atoms with Crippen LogP contribution < -0.4 is 11.1 Å². The summed E-state index contributed by atoms with van der Waals surface area (Å²) in [6, 6.07) is 1.77. The lowest BCUT2D eigenvalue weighted by Crippen LogP contribution is -2.21. The van der Waals surface area contributed by atoms with Crippen LogP contribution in [0.4, 0.5) is 11.5 Å². The molecule has 1 saturated carbocycles. The Morgan fingerprint density at radius 2 is 2.00 bits per heavy atom. The molecule has 0 aromatic carbocycles. The van der Waals surface area contributed by atoms with Crippen molar-refractivity contribution in [2.24, 2.45) is 0 Å². The van der Waals surface area contributed by atoms with E-state index in [2.05, 4.69) is 10.3 Å². The van der Waals surface area contributed by atoms with Crippen LogP contribution in [0.15, 0.2) is 12.3 Å². The molecule has 1 aliphatic carbocycles. The summed E-state index contributed by atoms with van der Waals surface area (Å²) in [5.74, 6) is -0.561. The van der Waals surface area contributed by atoms with Crippen LogP contribution in [0.25, 0.3) is 0 Å². The number of carboxylic acid groups (broad SMARTS) is 1. The number of aromatic carboxylic acids is 1. The van der Waals surface area contributed by atoms with Gasteiger partial charge in [0.25, 0.3) is 0 Å². The zero-order valence-electron chi connectivity index (χ0n) is 10.4. The maximum atomic E-state index is 11.1. The van der Waals surface area contributed by atoms with Crippen LogP contribution in [0.5, 0.6) is 0 Å². The molecule has 1 heterocycles. The fourth-order valence-corrected chi connectivity index (χ4v) is 2.38. The van der Waals surface area contributed by atoms with Crippen LogP contribution in [-0.4, -0.2) is 22.1 Å². The molecule has 18 heavy (non-hydrogen) atoms. The molecule has 4 N–H and O–H groups in total. The van der Waals surface area contributed by atoms with E-state index >= 15 is 0 Å². The Kier molecular flexibility index (Phi) is 4.02. The van der Waals surface area contributed by atoms with Crippen molar-refractivity contribution < 1.29 is 9.90 Å². The fraction of sp³-hybridized carbons (Fsp3) is 0.538. The van der Waals surface area contributed by atoms with Crippen LogP contribution in [0, 0.1) is 0 Å². The number of rotatable bonds is 3. The highest BCUT2D eigenvalue weighted by atomic mass is 16.4. The van der Waals surface area contributed by atoms with E-state index in [1.54, 1.807) is 0 Å². The summed E-state index contributed by atoms with van der Waals surface area (Å²) >= 11 is 0. The van der Waals surface area contributed by atoms with E-state index < -0.39 is 5.97 Å². The Bertz CT molecular complexity index is 426. The van der Waals surface area contributed by atoms with Gasteiger partial charge in [0.15, 0.2) is 0 Å². The minimum Gasteiger partial charge on any atom is -0.478 e. The number of carboxylic acids is 1. The standard InChI is InChI=1S/C13H19N3O2/c14-9-7-11(13(17)18)12(15-8-9)16-10-5-3-1-2-4-6-10/h7-8,10H,1-6,14H2,(H,15,16)(H,17,18). The van der Waals surface area contributed by atoms with E-state index in [4.69, 9.17) is 10.8 Å². The van der Waals surface area contributed by atoms with Crippen molar-refractivity contribution in [1.82, 2.24) is 4.98 Å². The lowest BCUT2D eigenvalue weighted by atomic mass is 10.1. The molecular formula is C13H19N3O2. The van der Waals surface area contributed by atoms with E-state index in [0.717, 1.165) is 12.8 Å². The van der Waals surface area contributed by atoms with Crippen LogP contribution in [0.1, 0.15) is 48.9 Å². The number of carbonyl (C=O) groups is 1. The van der Waals surface area contributed by atoms with Crippen LogP contribution >= 0.6 is 0 Å². The van der Waals surface area contributed by atoms with E-state index in [-0.39, 0.29) is 5.56 Å². The number of nitrogens with two attached hydrogens (primary N) is 1. The highest BCUT2D eigenvalue weighted by Gasteiger charge is 2.17. The Balaban J connectivity index is 2.14. The molecule has 5 nitrogen and oxygen atoms in total. The second kappa shape index (κ2) is 5.71. The van der Waals surface area contributed by atoms with Gasteiger partial charge in [-0.1, -0.05) is 25.7 Å². The summed E-state index contributed by atoms with van der Waals surface area (Å²) in [6.45, 7) is 0. The summed E-state index contributed by atoms with van der Waals surface area (Å²) in [7, 11) is 0. The molecule has 0 saturated heterocycles. The molecule has 0 radical (unpaired) electrons. The summed E-state index contributed by atoms with van der Waals surface area (Å²) in [6.07, 6.45) is 8.55. The van der Waals surface area contributed by atoms with E-state index in [1.807, 2.05) is 0 Å². The number of hydrogen-bond acceptors (Lipinski definition) is 4. The highest BCUT2D eigenvalue weighted by molar-refractivity contribution is 5.94. The molecule has 0 aliphatic heterocycles. The van der Waals surface area contributed by atoms with Crippen LogP contribution in [0.2, 0.25) is 0 Å². The third-order valence-corrected chi connectivity index (χ3v) is 3.34. The summed E-state index contributed by atoms with van der Waals surface area (Å²) in [5.41, 5.74) is 6.10. The van der Waals surface area contributed by atoms with Gasteiger partial charge in [0, 0.05) is 6.04 Å². The molecule has 1 fully saturated rings. The predicted octanol–water partition coefficient (Wildman–Crippen LogP) is 2.50. The third-order valence-electron chi connectivity index (χ3n) is 3.34. The molecule has 0 atom stereocenters. The first-order valence-electron chi connectivity index (χ1n) is 6.42. The number of nitrogens with one attached hydrogen (secondary N) is 1. The largest absolute Gasteiger partial charge is 0.478 e. The van der Waals surface area contributed by atoms with Gasteiger partial charge < -0.3 is 16.2 Å².